The fourth-order valence-corrected chi connectivity index (χ4v) is 2.48. The molecular weight excluding hydrogens is 190 g/mol. The fourth-order valence-electron chi connectivity index (χ4n) is 1.62. The molecule has 0 radical (unpaired) electrons. The molecule has 0 aliphatic carbocycles. The summed E-state index contributed by atoms with van der Waals surface area (Å²) in [4.78, 5) is 1.49. The van der Waals surface area contributed by atoms with Gasteiger partial charge in [0.05, 0.1) is 0 Å². The summed E-state index contributed by atoms with van der Waals surface area (Å²) in [6.45, 7) is 7.74. The molecule has 14 heavy (non-hydrogen) atoms. The summed E-state index contributed by atoms with van der Waals surface area (Å²) < 4.78 is 0. The van der Waals surface area contributed by atoms with Crippen molar-refractivity contribution >= 4 is 11.3 Å². The van der Waals surface area contributed by atoms with Crippen molar-refractivity contribution in [2.45, 2.75) is 52.6 Å². The Hall–Kier alpha value is -0.340. The second-order valence-electron chi connectivity index (χ2n) is 3.80. The lowest BCUT2D eigenvalue weighted by Crippen LogP contribution is -2.27. The van der Waals surface area contributed by atoms with Crippen LogP contribution in [0.5, 0.6) is 0 Å². The van der Waals surface area contributed by atoms with E-state index in [0.29, 0.717) is 6.04 Å². The van der Waals surface area contributed by atoms with Crippen molar-refractivity contribution in [2.24, 2.45) is 0 Å². The van der Waals surface area contributed by atoms with Gasteiger partial charge in [0.15, 0.2) is 0 Å². The number of aryl methyl sites for hydroxylation is 1. The highest BCUT2D eigenvalue weighted by atomic mass is 32.1. The third-order valence-electron chi connectivity index (χ3n) is 2.65. The van der Waals surface area contributed by atoms with E-state index in [0.717, 1.165) is 6.54 Å². The number of rotatable bonds is 6. The van der Waals surface area contributed by atoms with Crippen LogP contribution in [0, 0.1) is 6.92 Å². The number of hydrogen-bond donors (Lipinski definition) is 1. The van der Waals surface area contributed by atoms with Gasteiger partial charge in [-0.15, -0.1) is 11.3 Å². The molecule has 1 heterocycles. The van der Waals surface area contributed by atoms with Crippen molar-refractivity contribution in [3.05, 3.63) is 21.9 Å². The lowest BCUT2D eigenvalue weighted by molar-refractivity contribution is 0.464. The predicted molar refractivity (Wildman–Crippen MR) is 64.9 cm³/mol. The first-order valence-electron chi connectivity index (χ1n) is 5.54. The maximum absolute atomic E-state index is 3.62. The predicted octanol–water partition coefficient (Wildman–Crippen LogP) is 3.72. The van der Waals surface area contributed by atoms with E-state index in [-0.39, 0.29) is 0 Å². The smallest absolute Gasteiger partial charge is 0.0304 e. The topological polar surface area (TPSA) is 12.0 Å². The van der Waals surface area contributed by atoms with Crippen LogP contribution in [0.4, 0.5) is 0 Å². The molecule has 0 spiro atoms. The van der Waals surface area contributed by atoms with E-state index < -0.39 is 0 Å². The third kappa shape index (κ3) is 3.43. The van der Waals surface area contributed by atoms with E-state index >= 15 is 0 Å². The monoisotopic (exact) mass is 211 g/mol. The first-order chi connectivity index (χ1) is 6.77. The Morgan fingerprint density at radius 1 is 1.43 bits per heavy atom. The minimum Gasteiger partial charge on any atom is -0.309 e. The number of thiophene rings is 1. The van der Waals surface area contributed by atoms with Crippen LogP contribution in [0.1, 0.15) is 43.6 Å². The van der Waals surface area contributed by atoms with E-state index in [1.165, 1.54) is 29.7 Å². The highest BCUT2D eigenvalue weighted by Gasteiger charge is 2.05. The van der Waals surface area contributed by atoms with E-state index in [9.17, 15) is 0 Å². The standard InChI is InChI=1S/C12H21NS/c1-4-6-11(5-2)13-9-12-10(3)7-8-14-12/h7-8,11,13H,4-6,9H2,1-3H3. The molecule has 0 bridgehead atoms. The highest BCUT2D eigenvalue weighted by Crippen LogP contribution is 2.15. The molecule has 1 nitrogen and oxygen atoms in total. The van der Waals surface area contributed by atoms with Gasteiger partial charge in [-0.25, -0.2) is 0 Å². The zero-order chi connectivity index (χ0) is 10.4. The van der Waals surface area contributed by atoms with Crippen molar-refractivity contribution in [1.82, 2.24) is 5.32 Å². The van der Waals surface area contributed by atoms with Crippen LogP contribution in [0.25, 0.3) is 0 Å². The molecule has 0 fully saturated rings. The number of nitrogens with one attached hydrogen (secondary N) is 1. The molecular formula is C12H21NS. The van der Waals surface area contributed by atoms with Crippen LogP contribution in [0.15, 0.2) is 11.4 Å². The van der Waals surface area contributed by atoms with Crippen LogP contribution in [-0.2, 0) is 6.54 Å². The quantitative estimate of drug-likeness (QED) is 0.756. The summed E-state index contributed by atoms with van der Waals surface area (Å²) in [5, 5.41) is 5.80. The van der Waals surface area contributed by atoms with Crippen molar-refractivity contribution in [1.29, 1.82) is 0 Å². The van der Waals surface area contributed by atoms with Gasteiger partial charge < -0.3 is 5.32 Å². The first kappa shape index (κ1) is 11.7. The van der Waals surface area contributed by atoms with Gasteiger partial charge in [-0.05, 0) is 36.8 Å². The van der Waals surface area contributed by atoms with Gasteiger partial charge in [-0.3, -0.25) is 0 Å². The van der Waals surface area contributed by atoms with Crippen molar-refractivity contribution in [2.75, 3.05) is 0 Å². The molecule has 1 aromatic heterocycles. The summed E-state index contributed by atoms with van der Waals surface area (Å²) in [6, 6.07) is 2.89. The first-order valence-corrected chi connectivity index (χ1v) is 6.42. The molecule has 0 amide bonds. The molecule has 0 saturated heterocycles. The molecule has 1 unspecified atom stereocenters. The highest BCUT2D eigenvalue weighted by molar-refractivity contribution is 7.10. The number of hydrogen-bond acceptors (Lipinski definition) is 2. The van der Waals surface area contributed by atoms with Gasteiger partial charge in [0, 0.05) is 17.5 Å². The molecule has 1 N–H and O–H groups in total. The van der Waals surface area contributed by atoms with E-state index in [1.54, 1.807) is 0 Å². The molecule has 0 aliphatic rings. The lowest BCUT2D eigenvalue weighted by Gasteiger charge is -2.15. The Balaban J connectivity index is 2.35. The minimum absolute atomic E-state index is 0.696. The van der Waals surface area contributed by atoms with Gasteiger partial charge in [-0.1, -0.05) is 20.3 Å². The van der Waals surface area contributed by atoms with Gasteiger partial charge in [0.2, 0.25) is 0 Å². The van der Waals surface area contributed by atoms with E-state index in [4.69, 9.17) is 0 Å². The summed E-state index contributed by atoms with van der Waals surface area (Å²) in [5.41, 5.74) is 1.42. The molecule has 80 valence electrons. The summed E-state index contributed by atoms with van der Waals surface area (Å²) >= 11 is 1.86. The maximum atomic E-state index is 3.62. The van der Waals surface area contributed by atoms with Crippen LogP contribution in [-0.4, -0.2) is 6.04 Å². The third-order valence-corrected chi connectivity index (χ3v) is 3.67. The molecule has 0 aliphatic heterocycles. The normalized spacial score (nSPS) is 13.1. The van der Waals surface area contributed by atoms with Crippen molar-refractivity contribution in [3.63, 3.8) is 0 Å². The molecule has 1 aromatic rings. The summed E-state index contributed by atoms with van der Waals surface area (Å²) in [7, 11) is 0. The molecule has 2 heteroatoms. The molecule has 1 atom stereocenters. The van der Waals surface area contributed by atoms with Gasteiger partial charge in [-0.2, -0.15) is 0 Å². The average Bonchev–Trinajstić information content (AvgIpc) is 2.59. The van der Waals surface area contributed by atoms with Crippen molar-refractivity contribution in [3.8, 4) is 0 Å². The van der Waals surface area contributed by atoms with Crippen molar-refractivity contribution < 1.29 is 0 Å². The van der Waals surface area contributed by atoms with Gasteiger partial charge in [0.25, 0.3) is 0 Å². The molecule has 1 rings (SSSR count). The Morgan fingerprint density at radius 3 is 2.71 bits per heavy atom. The van der Waals surface area contributed by atoms with Crippen LogP contribution < -0.4 is 5.32 Å². The Labute approximate surface area is 91.5 Å². The largest absolute Gasteiger partial charge is 0.309 e. The zero-order valence-corrected chi connectivity index (χ0v) is 10.3. The second kappa shape index (κ2) is 6.20. The Morgan fingerprint density at radius 2 is 2.21 bits per heavy atom. The summed E-state index contributed by atoms with van der Waals surface area (Å²) in [6.07, 6.45) is 3.80. The van der Waals surface area contributed by atoms with Crippen LogP contribution >= 0.6 is 11.3 Å². The maximum Gasteiger partial charge on any atom is 0.0304 e. The second-order valence-corrected chi connectivity index (χ2v) is 4.80. The Bertz CT molecular complexity index is 255. The molecule has 0 saturated carbocycles. The van der Waals surface area contributed by atoms with Crippen LogP contribution in [0.2, 0.25) is 0 Å². The fraction of sp³-hybridized carbons (Fsp3) is 0.667. The van der Waals surface area contributed by atoms with Gasteiger partial charge in [0.1, 0.15) is 0 Å². The van der Waals surface area contributed by atoms with Gasteiger partial charge >= 0.3 is 0 Å². The summed E-state index contributed by atoms with van der Waals surface area (Å²) in [5.74, 6) is 0. The zero-order valence-electron chi connectivity index (χ0n) is 9.47. The van der Waals surface area contributed by atoms with E-state index in [1.807, 2.05) is 11.3 Å². The van der Waals surface area contributed by atoms with E-state index in [2.05, 4.69) is 37.5 Å². The SMILES string of the molecule is CCCC(CC)NCc1sccc1C. The lowest BCUT2D eigenvalue weighted by atomic mass is 10.1. The minimum atomic E-state index is 0.696. The molecule has 0 aromatic carbocycles. The average molecular weight is 211 g/mol. The Kier molecular flexibility index (Phi) is 5.20. The van der Waals surface area contributed by atoms with Crippen LogP contribution in [0.3, 0.4) is 0 Å².